The highest BCUT2D eigenvalue weighted by Crippen LogP contribution is 2.44. The van der Waals surface area contributed by atoms with Gasteiger partial charge < -0.3 is 9.88 Å². The van der Waals surface area contributed by atoms with Crippen molar-refractivity contribution in [1.29, 1.82) is 0 Å². The summed E-state index contributed by atoms with van der Waals surface area (Å²) in [7, 11) is 0. The number of halogens is 5. The number of amides is 1. The quantitative estimate of drug-likeness (QED) is 0.371. The maximum absolute atomic E-state index is 15.2. The predicted molar refractivity (Wildman–Crippen MR) is 126 cm³/mol. The number of nitrogens with zero attached hydrogens (tertiary/aromatic N) is 7. The maximum Gasteiger partial charge on any atom is 0.433 e. The van der Waals surface area contributed by atoms with E-state index in [-0.39, 0.29) is 28.1 Å². The molecule has 0 aliphatic carbocycles. The van der Waals surface area contributed by atoms with Gasteiger partial charge in [0.1, 0.15) is 17.8 Å². The molecule has 1 aromatic carbocycles. The van der Waals surface area contributed by atoms with Gasteiger partial charge in [-0.05, 0) is 59.5 Å². The number of nitrogens with one attached hydrogen (secondary N) is 1. The fourth-order valence-corrected chi connectivity index (χ4v) is 5.27. The van der Waals surface area contributed by atoms with Crippen molar-refractivity contribution < 1.29 is 22.4 Å². The molecule has 14 heteroatoms. The van der Waals surface area contributed by atoms with Crippen molar-refractivity contribution in [1.82, 2.24) is 40.1 Å². The monoisotopic (exact) mass is 544 g/mol. The summed E-state index contributed by atoms with van der Waals surface area (Å²) in [6.45, 7) is 0. The van der Waals surface area contributed by atoms with Gasteiger partial charge in [0.05, 0.1) is 28.6 Å². The smallest absolute Gasteiger partial charge is 0.340 e. The highest BCUT2D eigenvalue weighted by atomic mass is 35.5. The molecule has 6 rings (SSSR count). The zero-order chi connectivity index (χ0) is 26.6. The maximum atomic E-state index is 15.2. The molecule has 1 fully saturated rings. The lowest BCUT2D eigenvalue weighted by Crippen LogP contribution is -2.39. The number of carbonyl (C=O) groups excluding carboxylic acids is 1. The first-order chi connectivity index (χ1) is 18.2. The first kappa shape index (κ1) is 24.2. The molecule has 0 radical (unpaired) electrons. The van der Waals surface area contributed by atoms with E-state index >= 15 is 4.39 Å². The molecule has 0 bridgehead atoms. The second-order valence-electron chi connectivity index (χ2n) is 8.99. The predicted octanol–water partition coefficient (Wildman–Crippen LogP) is 4.78. The Kier molecular flexibility index (Phi) is 5.74. The van der Waals surface area contributed by atoms with Gasteiger partial charge in [-0.2, -0.15) is 17.9 Å². The van der Waals surface area contributed by atoms with E-state index in [9.17, 15) is 18.0 Å². The molecule has 4 aromatic rings. The van der Waals surface area contributed by atoms with Gasteiger partial charge >= 0.3 is 6.18 Å². The second kappa shape index (κ2) is 9.01. The fourth-order valence-electron chi connectivity index (χ4n) is 5.11. The van der Waals surface area contributed by atoms with E-state index in [0.717, 1.165) is 12.3 Å². The van der Waals surface area contributed by atoms with E-state index in [2.05, 4.69) is 30.5 Å². The van der Waals surface area contributed by atoms with Gasteiger partial charge in [-0.15, -0.1) is 5.10 Å². The van der Waals surface area contributed by atoms with Crippen LogP contribution in [0, 0.1) is 5.82 Å². The van der Waals surface area contributed by atoms with Crippen LogP contribution in [0.25, 0.3) is 22.5 Å². The Hall–Kier alpha value is -4.13. The van der Waals surface area contributed by atoms with E-state index in [0.29, 0.717) is 42.0 Å². The number of hydrogen-bond acceptors (Lipinski definition) is 6. The number of benzene rings is 1. The number of aromatic nitrogens is 7. The molecule has 0 unspecified atom stereocenters. The van der Waals surface area contributed by atoms with Gasteiger partial charge in [0.25, 0.3) is 0 Å². The number of tetrazole rings is 1. The summed E-state index contributed by atoms with van der Waals surface area (Å²) in [4.78, 5) is 25.8. The number of rotatable bonds is 4. The average Bonchev–Trinajstić information content (AvgIpc) is 3.66. The van der Waals surface area contributed by atoms with Gasteiger partial charge in [0.15, 0.2) is 5.82 Å². The van der Waals surface area contributed by atoms with Crippen molar-refractivity contribution in [3.05, 3.63) is 77.0 Å². The van der Waals surface area contributed by atoms with Crippen LogP contribution in [0.2, 0.25) is 5.02 Å². The molecule has 9 nitrogen and oxygen atoms in total. The van der Waals surface area contributed by atoms with E-state index in [4.69, 9.17) is 11.6 Å². The number of carbonyl (C=O) groups is 1. The van der Waals surface area contributed by atoms with E-state index in [1.807, 2.05) is 0 Å². The van der Waals surface area contributed by atoms with Gasteiger partial charge in [0.2, 0.25) is 5.91 Å². The molecule has 2 atom stereocenters. The molecule has 1 amide bonds. The molecule has 0 spiro atoms. The molecule has 2 aliphatic rings. The third-order valence-electron chi connectivity index (χ3n) is 6.77. The molecule has 0 saturated carbocycles. The Morgan fingerprint density at radius 2 is 1.97 bits per heavy atom. The van der Waals surface area contributed by atoms with Crippen LogP contribution in [0.5, 0.6) is 0 Å². The standard InChI is InChI=1S/C24H17ClF4N8O/c25-15-2-4-17(36-11-32-34-35-36)21(22(15)26)13-7-14-1-3-18(37(14)20(38)9-13)23-31-10-16(33-23)12-5-6-30-19(8-12)24(27,28)29/h2,4-6,8-11,14,18H,1,3,7H2,(H,31,33)/t14-,18+/m1/s1. The van der Waals surface area contributed by atoms with Crippen LogP contribution in [-0.2, 0) is 11.0 Å². The minimum absolute atomic E-state index is 0.0928. The van der Waals surface area contributed by atoms with Gasteiger partial charge in [-0.25, -0.2) is 9.37 Å². The Balaban J connectivity index is 1.31. The Bertz CT molecular complexity index is 1570. The highest BCUT2D eigenvalue weighted by Gasteiger charge is 2.42. The van der Waals surface area contributed by atoms with Crippen molar-refractivity contribution in [2.45, 2.75) is 37.5 Å². The number of hydrogen-bond donors (Lipinski definition) is 1. The minimum Gasteiger partial charge on any atom is -0.340 e. The largest absolute Gasteiger partial charge is 0.433 e. The summed E-state index contributed by atoms with van der Waals surface area (Å²) < 4.78 is 55.8. The van der Waals surface area contributed by atoms with Crippen LogP contribution < -0.4 is 0 Å². The van der Waals surface area contributed by atoms with Crippen LogP contribution in [0.15, 0.2) is 49.1 Å². The highest BCUT2D eigenvalue weighted by molar-refractivity contribution is 6.31. The fraction of sp³-hybridized carbons (Fsp3) is 0.250. The van der Waals surface area contributed by atoms with Crippen molar-refractivity contribution in [2.24, 2.45) is 0 Å². The molecule has 194 valence electrons. The zero-order valence-electron chi connectivity index (χ0n) is 19.3. The summed E-state index contributed by atoms with van der Waals surface area (Å²) in [6.07, 6.45) is 2.21. The van der Waals surface area contributed by atoms with Crippen molar-refractivity contribution in [3.8, 4) is 16.9 Å². The summed E-state index contributed by atoms with van der Waals surface area (Å²) in [5.74, 6) is -0.545. The normalized spacial score (nSPS) is 19.6. The average molecular weight is 545 g/mol. The Morgan fingerprint density at radius 1 is 1.13 bits per heavy atom. The van der Waals surface area contributed by atoms with Gasteiger partial charge in [-0.1, -0.05) is 11.6 Å². The van der Waals surface area contributed by atoms with Crippen LogP contribution in [-0.4, -0.2) is 52.0 Å². The lowest BCUT2D eigenvalue weighted by Gasteiger charge is -2.33. The lowest BCUT2D eigenvalue weighted by molar-refractivity contribution is -0.141. The van der Waals surface area contributed by atoms with E-state index in [1.165, 1.54) is 35.4 Å². The van der Waals surface area contributed by atoms with E-state index in [1.54, 1.807) is 11.0 Å². The summed E-state index contributed by atoms with van der Waals surface area (Å²) >= 11 is 6.07. The molecular weight excluding hydrogens is 528 g/mol. The third-order valence-corrected chi connectivity index (χ3v) is 7.06. The molecule has 38 heavy (non-hydrogen) atoms. The number of alkyl halides is 3. The van der Waals surface area contributed by atoms with E-state index < -0.39 is 23.7 Å². The van der Waals surface area contributed by atoms with Gasteiger partial charge in [0, 0.05) is 29.4 Å². The minimum atomic E-state index is -4.57. The summed E-state index contributed by atoms with van der Waals surface area (Å²) in [5.41, 5.74) is 0.623. The topological polar surface area (TPSA) is 105 Å². The van der Waals surface area contributed by atoms with Crippen LogP contribution in [0.4, 0.5) is 17.6 Å². The van der Waals surface area contributed by atoms with Gasteiger partial charge in [-0.3, -0.25) is 9.78 Å². The molecule has 1 saturated heterocycles. The second-order valence-corrected chi connectivity index (χ2v) is 9.39. The van der Waals surface area contributed by atoms with Crippen LogP contribution >= 0.6 is 11.6 Å². The first-order valence-electron chi connectivity index (χ1n) is 11.5. The molecular formula is C24H17ClF4N8O. The molecule has 3 aromatic heterocycles. The Morgan fingerprint density at radius 3 is 2.74 bits per heavy atom. The first-order valence-corrected chi connectivity index (χ1v) is 11.9. The number of pyridine rings is 1. The SMILES string of the molecule is O=C1C=C(c2c(-n3cnnn3)ccc(Cl)c2F)C[C@H]2CC[C@@H](c3ncc(-c4ccnc(C(F)(F)F)c4)[nH]3)N12. The number of fused-ring (bicyclic) bond motifs is 1. The van der Waals surface area contributed by atoms with Crippen molar-refractivity contribution in [3.63, 3.8) is 0 Å². The molecule has 5 heterocycles. The number of H-pyrrole nitrogens is 1. The zero-order valence-corrected chi connectivity index (χ0v) is 20.1. The number of imidazole rings is 1. The lowest BCUT2D eigenvalue weighted by atomic mass is 9.92. The van der Waals surface area contributed by atoms with Crippen molar-refractivity contribution >= 4 is 23.1 Å². The number of aromatic amines is 1. The molecule has 1 N–H and O–H groups in total. The van der Waals surface area contributed by atoms with Crippen molar-refractivity contribution in [2.75, 3.05) is 0 Å². The summed E-state index contributed by atoms with van der Waals surface area (Å²) in [6, 6.07) is 4.73. The summed E-state index contributed by atoms with van der Waals surface area (Å²) in [5, 5.41) is 11.0. The van der Waals surface area contributed by atoms with Crippen LogP contribution in [0.3, 0.4) is 0 Å². The third kappa shape index (κ3) is 4.12. The molecule has 2 aliphatic heterocycles. The van der Waals surface area contributed by atoms with Crippen LogP contribution in [0.1, 0.15) is 42.4 Å². The Labute approximate surface area is 217 Å².